The number of hydrogen-bond donors (Lipinski definition) is 0. The minimum Gasteiger partial charge on any atom is -0.380 e. The van der Waals surface area contributed by atoms with E-state index in [1.807, 2.05) is 0 Å². The summed E-state index contributed by atoms with van der Waals surface area (Å²) < 4.78 is 18.8. The van der Waals surface area contributed by atoms with Crippen molar-refractivity contribution in [2.45, 2.75) is 233 Å². The molecule has 4 rings (SSSR count). The molecule has 4 aliphatic rings. The SMILES string of the molecule is CCCCCC=CCC=CCCCCCCCCOCC(COCCCCCCCOC1CCC2(C)C(=CCC3C2CCC2(C)C(C(C)CCCC(C)C)CCC32)C1)N(C)C. The molecule has 0 aromatic carbocycles. The van der Waals surface area contributed by atoms with Gasteiger partial charge in [-0.2, -0.15) is 0 Å². The van der Waals surface area contributed by atoms with E-state index in [-0.39, 0.29) is 0 Å². The molecular weight excluding hydrogens is 747 g/mol. The lowest BCUT2D eigenvalue weighted by atomic mass is 9.47. The third kappa shape index (κ3) is 17.8. The van der Waals surface area contributed by atoms with Gasteiger partial charge in [0.2, 0.25) is 0 Å². The Morgan fingerprint density at radius 1 is 0.672 bits per heavy atom. The predicted molar refractivity (Wildman–Crippen MR) is 264 cm³/mol. The van der Waals surface area contributed by atoms with Crippen LogP contribution < -0.4 is 0 Å². The molecule has 0 spiro atoms. The zero-order valence-electron chi connectivity index (χ0n) is 42.0. The van der Waals surface area contributed by atoms with E-state index < -0.39 is 0 Å². The van der Waals surface area contributed by atoms with Crippen LogP contribution in [0.5, 0.6) is 0 Å². The highest BCUT2D eigenvalue weighted by atomic mass is 16.5. The smallest absolute Gasteiger partial charge is 0.0644 e. The van der Waals surface area contributed by atoms with Crippen molar-refractivity contribution in [3.8, 4) is 0 Å². The van der Waals surface area contributed by atoms with Crippen LogP contribution in [-0.4, -0.2) is 64.2 Å². The van der Waals surface area contributed by atoms with Crippen molar-refractivity contribution in [1.29, 1.82) is 0 Å². The van der Waals surface area contributed by atoms with E-state index in [2.05, 4.69) is 90.9 Å². The third-order valence-electron chi connectivity index (χ3n) is 16.9. The van der Waals surface area contributed by atoms with Crippen molar-refractivity contribution in [2.75, 3.05) is 47.1 Å². The van der Waals surface area contributed by atoms with Gasteiger partial charge in [-0.05, 0) is 163 Å². The quantitative estimate of drug-likeness (QED) is 0.0477. The Balaban J connectivity index is 0.968. The van der Waals surface area contributed by atoms with Crippen LogP contribution in [0.25, 0.3) is 0 Å². The van der Waals surface area contributed by atoms with E-state index in [0.717, 1.165) is 81.4 Å². The fourth-order valence-electron chi connectivity index (χ4n) is 12.9. The van der Waals surface area contributed by atoms with Gasteiger partial charge in [0.25, 0.3) is 0 Å². The zero-order chi connectivity index (χ0) is 43.8. The van der Waals surface area contributed by atoms with Crippen LogP contribution in [0, 0.1) is 46.3 Å². The van der Waals surface area contributed by atoms with Crippen LogP contribution in [0.15, 0.2) is 36.0 Å². The molecule has 4 heteroatoms. The summed E-state index contributed by atoms with van der Waals surface area (Å²) in [7, 11) is 4.30. The first-order valence-electron chi connectivity index (χ1n) is 27.0. The van der Waals surface area contributed by atoms with Gasteiger partial charge in [0, 0.05) is 19.8 Å². The van der Waals surface area contributed by atoms with Crippen molar-refractivity contribution in [3.05, 3.63) is 36.0 Å². The molecule has 0 bridgehead atoms. The number of fused-ring (bicyclic) bond motifs is 5. The van der Waals surface area contributed by atoms with Crippen molar-refractivity contribution < 1.29 is 14.2 Å². The summed E-state index contributed by atoms with van der Waals surface area (Å²) in [6.45, 7) is 19.3. The largest absolute Gasteiger partial charge is 0.380 e. The third-order valence-corrected chi connectivity index (χ3v) is 16.9. The Labute approximate surface area is 380 Å². The highest BCUT2D eigenvalue weighted by molar-refractivity contribution is 5.25. The molecule has 9 unspecified atom stereocenters. The topological polar surface area (TPSA) is 30.9 Å². The molecule has 3 saturated carbocycles. The lowest BCUT2D eigenvalue weighted by molar-refractivity contribution is -0.0641. The van der Waals surface area contributed by atoms with Crippen molar-refractivity contribution >= 4 is 0 Å². The molecule has 61 heavy (non-hydrogen) atoms. The summed E-state index contributed by atoms with van der Waals surface area (Å²) in [5.41, 5.74) is 2.79. The van der Waals surface area contributed by atoms with Crippen LogP contribution in [0.1, 0.15) is 221 Å². The normalized spacial score (nSPS) is 28.8. The molecule has 4 nitrogen and oxygen atoms in total. The fraction of sp³-hybridized carbons (Fsp3) is 0.895. The van der Waals surface area contributed by atoms with Gasteiger partial charge >= 0.3 is 0 Å². The first-order valence-corrected chi connectivity index (χ1v) is 27.0. The molecule has 0 aliphatic heterocycles. The zero-order valence-corrected chi connectivity index (χ0v) is 42.0. The number of allylic oxidation sites excluding steroid dienone is 5. The van der Waals surface area contributed by atoms with Gasteiger partial charge in [0.1, 0.15) is 0 Å². The summed E-state index contributed by atoms with van der Waals surface area (Å²) in [6.07, 6.45) is 49.5. The minimum absolute atomic E-state index is 0.335. The Bertz CT molecular complexity index is 1220. The summed E-state index contributed by atoms with van der Waals surface area (Å²) in [5.74, 6) is 5.48. The Morgan fingerprint density at radius 2 is 1.30 bits per heavy atom. The fourth-order valence-corrected chi connectivity index (χ4v) is 12.9. The Morgan fingerprint density at radius 3 is 1.93 bits per heavy atom. The summed E-state index contributed by atoms with van der Waals surface area (Å²) in [6, 6.07) is 0.335. The first-order chi connectivity index (χ1) is 29.6. The number of ether oxygens (including phenoxy) is 3. The number of likely N-dealkylation sites (N-methyl/N-ethyl adjacent to an activating group) is 1. The van der Waals surface area contributed by atoms with Crippen LogP contribution >= 0.6 is 0 Å². The Kier molecular flexibility index (Phi) is 25.5. The van der Waals surface area contributed by atoms with Gasteiger partial charge in [-0.15, -0.1) is 0 Å². The van der Waals surface area contributed by atoms with E-state index >= 15 is 0 Å². The van der Waals surface area contributed by atoms with Crippen molar-refractivity contribution in [3.63, 3.8) is 0 Å². The van der Waals surface area contributed by atoms with E-state index in [0.29, 0.717) is 23.0 Å². The van der Waals surface area contributed by atoms with Crippen molar-refractivity contribution in [1.82, 2.24) is 4.90 Å². The second-order valence-electron chi connectivity index (χ2n) is 22.1. The Hall–Kier alpha value is -0.940. The maximum atomic E-state index is 6.59. The summed E-state index contributed by atoms with van der Waals surface area (Å²) in [5, 5.41) is 0. The molecular formula is C57H103NO3. The molecule has 4 aliphatic carbocycles. The first kappa shape index (κ1) is 52.7. The van der Waals surface area contributed by atoms with Gasteiger partial charge in [-0.1, -0.05) is 155 Å². The van der Waals surface area contributed by atoms with E-state index in [4.69, 9.17) is 14.2 Å². The molecule has 0 N–H and O–H groups in total. The number of nitrogens with zero attached hydrogens (tertiary/aromatic N) is 1. The van der Waals surface area contributed by atoms with Crippen LogP contribution in [-0.2, 0) is 14.2 Å². The highest BCUT2D eigenvalue weighted by Crippen LogP contribution is 2.67. The van der Waals surface area contributed by atoms with Gasteiger partial charge in [0.05, 0.1) is 25.4 Å². The molecule has 3 fully saturated rings. The van der Waals surface area contributed by atoms with Gasteiger partial charge in [-0.3, -0.25) is 0 Å². The van der Waals surface area contributed by atoms with Crippen LogP contribution in [0.2, 0.25) is 0 Å². The standard InChI is InChI=1S/C57H103NO3/c1-9-10-11-12-13-14-15-16-17-18-19-20-21-22-24-27-41-59-45-50(58(7)8)46-60-42-28-25-23-26-29-43-61-51-37-39-56(5)49(44-51)33-34-52-54-36-35-53(48(4)32-30-31-47(2)3)57(54,6)40-38-55(52)56/h13-14,16-17,33,47-48,50-55H,9-12,15,18-32,34-46H2,1-8H3. The van der Waals surface area contributed by atoms with Gasteiger partial charge in [-0.25, -0.2) is 0 Å². The van der Waals surface area contributed by atoms with E-state index in [1.165, 1.54) is 167 Å². The average Bonchev–Trinajstić information content (AvgIpc) is 3.60. The van der Waals surface area contributed by atoms with Gasteiger partial charge < -0.3 is 19.1 Å². The summed E-state index contributed by atoms with van der Waals surface area (Å²) in [4.78, 5) is 2.26. The molecule has 0 saturated heterocycles. The molecule has 0 heterocycles. The van der Waals surface area contributed by atoms with E-state index in [1.54, 1.807) is 5.57 Å². The molecule has 9 atom stereocenters. The maximum Gasteiger partial charge on any atom is 0.0644 e. The van der Waals surface area contributed by atoms with Crippen molar-refractivity contribution in [2.24, 2.45) is 46.3 Å². The van der Waals surface area contributed by atoms with Gasteiger partial charge in [0.15, 0.2) is 0 Å². The number of hydrogen-bond acceptors (Lipinski definition) is 4. The molecule has 0 aromatic rings. The summed E-state index contributed by atoms with van der Waals surface area (Å²) >= 11 is 0. The molecule has 0 radical (unpaired) electrons. The maximum absolute atomic E-state index is 6.59. The lowest BCUT2D eigenvalue weighted by Crippen LogP contribution is -2.51. The molecule has 0 aromatic heterocycles. The van der Waals surface area contributed by atoms with Crippen LogP contribution in [0.4, 0.5) is 0 Å². The lowest BCUT2D eigenvalue weighted by Gasteiger charge is -2.58. The number of rotatable bonds is 34. The van der Waals surface area contributed by atoms with Crippen LogP contribution in [0.3, 0.4) is 0 Å². The second-order valence-corrected chi connectivity index (χ2v) is 22.1. The monoisotopic (exact) mass is 850 g/mol. The average molecular weight is 850 g/mol. The van der Waals surface area contributed by atoms with E-state index in [9.17, 15) is 0 Å². The predicted octanol–water partition coefficient (Wildman–Crippen LogP) is 16.1. The molecule has 354 valence electrons. The number of unbranched alkanes of at least 4 members (excludes halogenated alkanes) is 13. The molecule has 0 amide bonds. The second kappa shape index (κ2) is 29.6. The minimum atomic E-state index is 0.335. The highest BCUT2D eigenvalue weighted by Gasteiger charge is 2.59.